The molecule has 0 amide bonds. The van der Waals surface area contributed by atoms with Crippen LogP contribution >= 0.6 is 0 Å². The summed E-state index contributed by atoms with van der Waals surface area (Å²) >= 11 is -3.65. The topological polar surface area (TPSA) is 43.6 Å². The van der Waals surface area contributed by atoms with Crippen LogP contribution in [0.5, 0.6) is 0 Å². The number of benzene rings is 10. The van der Waals surface area contributed by atoms with Crippen LogP contribution in [-0.2, 0) is 6.18 Å². The maximum atomic E-state index is 13.8. The molecule has 4 nitrogen and oxygen atoms in total. The Kier molecular flexibility index (Phi) is 11.7. The van der Waals surface area contributed by atoms with Crippen molar-refractivity contribution in [3.63, 3.8) is 0 Å². The van der Waals surface area contributed by atoms with Gasteiger partial charge in [-0.25, -0.2) is 0 Å². The Hall–Kier alpha value is -8.66. The molecule has 0 bridgehead atoms. The predicted octanol–water partition coefficient (Wildman–Crippen LogP) is 14.0. The number of hydrogen-bond acceptors (Lipinski definition) is 3. The Morgan fingerprint density at radius 1 is 0.356 bits per heavy atom. The molecule has 0 spiro atoms. The summed E-state index contributed by atoms with van der Waals surface area (Å²) in [4.78, 5) is 15.7. The van der Waals surface area contributed by atoms with E-state index in [-0.39, 0.29) is 0 Å². The van der Waals surface area contributed by atoms with Gasteiger partial charge >= 0.3 is 359 Å². The number of fused-ring (bicyclic) bond motifs is 3. The summed E-state index contributed by atoms with van der Waals surface area (Å²) < 4.78 is 48.9. The van der Waals surface area contributed by atoms with E-state index in [0.717, 1.165) is 72.5 Å². The van der Waals surface area contributed by atoms with Gasteiger partial charge in [0.2, 0.25) is 0 Å². The van der Waals surface area contributed by atoms with Crippen molar-refractivity contribution in [2.75, 3.05) is 0 Å². The molecule has 2 aromatic heterocycles. The average Bonchev–Trinajstić information content (AvgIpc) is 3.78. The standard InChI is InChI=1S/C65H45F3GeN4/c1-44-40-50(65(66,67)68)36-37-55(44)49-35-39-60-57(43-49)56-32-17-18-33-59(56)73(60)61-38-34-48(42-58(61)64-71-62(45-20-7-2-8-21-45)70-63(72-64)46-22-9-3-10-23-46)47-24-19-31-54(41-47)69(51-25-11-4-12-26-51,52-27-13-5-14-28-52)53-29-15-6-16-30-53/h2-43H,1H3. The number of hydrogen-bond donors (Lipinski definition) is 0. The number of aromatic nitrogens is 4. The molecule has 0 saturated carbocycles. The fourth-order valence-electron chi connectivity index (χ4n) is 10.6. The molecule has 0 unspecified atom stereocenters. The van der Waals surface area contributed by atoms with E-state index < -0.39 is 25.0 Å². The Labute approximate surface area is 424 Å². The van der Waals surface area contributed by atoms with Crippen LogP contribution in [0.2, 0.25) is 0 Å². The van der Waals surface area contributed by atoms with Crippen molar-refractivity contribution in [3.8, 4) is 62.1 Å². The third kappa shape index (κ3) is 8.31. The van der Waals surface area contributed by atoms with E-state index in [1.807, 2.05) is 78.9 Å². The summed E-state index contributed by atoms with van der Waals surface area (Å²) in [6.45, 7) is 1.73. The second-order valence-electron chi connectivity index (χ2n) is 18.3. The Morgan fingerprint density at radius 3 is 1.41 bits per heavy atom. The van der Waals surface area contributed by atoms with Crippen molar-refractivity contribution in [3.05, 3.63) is 266 Å². The van der Waals surface area contributed by atoms with Crippen LogP contribution in [0.3, 0.4) is 0 Å². The number of aryl methyl sites for hydroxylation is 1. The predicted molar refractivity (Wildman–Crippen MR) is 295 cm³/mol. The summed E-state index contributed by atoms with van der Waals surface area (Å²) in [5, 5.41) is 1.97. The second-order valence-corrected chi connectivity index (χ2v) is 26.3. The van der Waals surface area contributed by atoms with Gasteiger partial charge < -0.3 is 0 Å². The van der Waals surface area contributed by atoms with Gasteiger partial charge in [-0.2, -0.15) is 13.2 Å². The molecule has 2 heterocycles. The van der Waals surface area contributed by atoms with Gasteiger partial charge in [-0.3, -0.25) is 0 Å². The SMILES string of the molecule is Cc1cc(C(F)(F)F)ccc1-c1ccc2c(c1)c1ccccc1n2-c1ccc(-c2ccc[c]([Ge]([c]3ccccc3)([c]3ccccc3)[c]3ccccc3)c2)cc1-c1nc(-c2ccccc2)nc(-c2ccccc2)n1. The van der Waals surface area contributed by atoms with Gasteiger partial charge in [0.25, 0.3) is 0 Å². The number of halogens is 3. The van der Waals surface area contributed by atoms with Crippen molar-refractivity contribution in [2.24, 2.45) is 0 Å². The van der Waals surface area contributed by atoms with E-state index in [2.05, 4.69) is 162 Å². The first-order chi connectivity index (χ1) is 35.7. The van der Waals surface area contributed by atoms with E-state index >= 15 is 0 Å². The minimum absolute atomic E-state index is 0.508. The van der Waals surface area contributed by atoms with Crippen LogP contribution < -0.4 is 17.6 Å². The first-order valence-electron chi connectivity index (χ1n) is 24.2. The van der Waals surface area contributed by atoms with Crippen LogP contribution in [0.4, 0.5) is 13.2 Å². The molecule has 0 saturated heterocycles. The first-order valence-corrected chi connectivity index (χ1v) is 28.4. The molecule has 0 fully saturated rings. The van der Waals surface area contributed by atoms with Crippen molar-refractivity contribution < 1.29 is 13.2 Å². The molecule has 0 aliphatic rings. The van der Waals surface area contributed by atoms with Crippen LogP contribution in [0.1, 0.15) is 11.1 Å². The van der Waals surface area contributed by atoms with Gasteiger partial charge in [0, 0.05) is 0 Å². The molecule has 0 atom stereocenters. The minimum atomic E-state index is -4.43. The number of rotatable bonds is 10. The van der Waals surface area contributed by atoms with Gasteiger partial charge in [0.05, 0.1) is 5.56 Å². The normalized spacial score (nSPS) is 11.8. The summed E-state index contributed by atoms with van der Waals surface area (Å²) in [5.74, 6) is 1.61. The molecular weight excluding hydrogens is 966 g/mol. The third-order valence-corrected chi connectivity index (χ3v) is 24.0. The zero-order valence-electron chi connectivity index (χ0n) is 39.7. The number of alkyl halides is 3. The van der Waals surface area contributed by atoms with Crippen LogP contribution in [0.25, 0.3) is 83.9 Å². The van der Waals surface area contributed by atoms with Crippen LogP contribution in [0, 0.1) is 6.92 Å². The van der Waals surface area contributed by atoms with Crippen molar-refractivity contribution in [1.82, 2.24) is 19.5 Å². The first kappa shape index (κ1) is 45.5. The summed E-state index contributed by atoms with van der Waals surface area (Å²) in [6, 6.07) is 87.1. The van der Waals surface area contributed by atoms with E-state index in [1.54, 1.807) is 13.0 Å². The molecule has 0 aliphatic heterocycles. The molecular formula is C65H45F3GeN4. The third-order valence-electron chi connectivity index (χ3n) is 14.0. The summed E-state index contributed by atoms with van der Waals surface area (Å²) in [5.41, 5.74) is 8.79. The fourth-order valence-corrected chi connectivity index (χ4v) is 20.6. The molecule has 8 heteroatoms. The monoisotopic (exact) mass is 1010 g/mol. The van der Waals surface area contributed by atoms with Gasteiger partial charge in [-0.1, -0.05) is 18.2 Å². The zero-order chi connectivity index (χ0) is 49.5. The zero-order valence-corrected chi connectivity index (χ0v) is 41.8. The van der Waals surface area contributed by atoms with E-state index in [0.29, 0.717) is 23.0 Å². The fraction of sp³-hybridized carbons (Fsp3) is 0.0308. The molecule has 73 heavy (non-hydrogen) atoms. The van der Waals surface area contributed by atoms with Crippen LogP contribution in [-0.4, -0.2) is 32.8 Å². The van der Waals surface area contributed by atoms with Gasteiger partial charge in [0.15, 0.2) is 0 Å². The van der Waals surface area contributed by atoms with Gasteiger partial charge in [-0.15, -0.1) is 0 Å². The Bertz CT molecular complexity index is 3800. The van der Waals surface area contributed by atoms with Gasteiger partial charge in [0.1, 0.15) is 0 Å². The number of nitrogens with zero attached hydrogens (tertiary/aromatic N) is 4. The van der Waals surface area contributed by atoms with Crippen LogP contribution in [0.15, 0.2) is 255 Å². The van der Waals surface area contributed by atoms with E-state index in [1.165, 1.54) is 23.7 Å². The summed E-state index contributed by atoms with van der Waals surface area (Å²) in [7, 11) is 0. The molecule has 0 N–H and O–H groups in total. The summed E-state index contributed by atoms with van der Waals surface area (Å²) in [6.07, 6.45) is -4.43. The van der Waals surface area contributed by atoms with Crippen molar-refractivity contribution >= 4 is 52.7 Å². The number of para-hydroxylation sites is 1. The molecule has 350 valence electrons. The molecule has 10 aromatic carbocycles. The molecule has 12 aromatic rings. The van der Waals surface area contributed by atoms with Crippen molar-refractivity contribution in [1.29, 1.82) is 0 Å². The maximum absolute atomic E-state index is 13.8. The molecule has 12 rings (SSSR count). The average molecular weight is 1010 g/mol. The van der Waals surface area contributed by atoms with E-state index in [9.17, 15) is 13.2 Å². The Morgan fingerprint density at radius 2 is 0.836 bits per heavy atom. The quantitative estimate of drug-likeness (QED) is 0.128. The second kappa shape index (κ2) is 18.8. The van der Waals surface area contributed by atoms with Crippen molar-refractivity contribution in [2.45, 2.75) is 13.1 Å². The molecule has 0 aliphatic carbocycles. The Balaban J connectivity index is 1.11. The van der Waals surface area contributed by atoms with Gasteiger partial charge in [-0.05, 0) is 30.2 Å². The van der Waals surface area contributed by atoms with E-state index in [4.69, 9.17) is 15.0 Å². The molecule has 0 radical (unpaired) electrons.